The van der Waals surface area contributed by atoms with E-state index in [4.69, 9.17) is 10.5 Å². The number of pyridine rings is 2. The van der Waals surface area contributed by atoms with E-state index in [1.165, 1.54) is 12.1 Å². The fourth-order valence-corrected chi connectivity index (χ4v) is 2.11. The van der Waals surface area contributed by atoms with Crippen LogP contribution in [0, 0.1) is 5.82 Å². The molecule has 3 rings (SSSR count). The van der Waals surface area contributed by atoms with Crippen molar-refractivity contribution in [3.63, 3.8) is 0 Å². The maximum atomic E-state index is 13.2. The van der Waals surface area contributed by atoms with Crippen LogP contribution in [0.1, 0.15) is 5.56 Å². The molecule has 0 aliphatic rings. The molecule has 2 aromatic heterocycles. The van der Waals surface area contributed by atoms with Crippen molar-refractivity contribution in [2.75, 3.05) is 5.73 Å². The maximum absolute atomic E-state index is 13.2. The second-order valence-corrected chi connectivity index (χ2v) is 4.74. The molecule has 110 valence electrons. The molecular formula is C17H14FN3O. The molecule has 2 heterocycles. The second-order valence-electron chi connectivity index (χ2n) is 4.74. The summed E-state index contributed by atoms with van der Waals surface area (Å²) in [5.41, 5.74) is 7.96. The van der Waals surface area contributed by atoms with Crippen molar-refractivity contribution in [3.8, 4) is 17.0 Å². The van der Waals surface area contributed by atoms with Crippen LogP contribution in [0.2, 0.25) is 0 Å². The maximum Gasteiger partial charge on any atom is 0.146 e. The van der Waals surface area contributed by atoms with E-state index in [9.17, 15) is 4.39 Å². The Morgan fingerprint density at radius 2 is 1.91 bits per heavy atom. The molecule has 0 aliphatic carbocycles. The molecule has 0 aliphatic heterocycles. The fourth-order valence-electron chi connectivity index (χ4n) is 2.11. The number of halogens is 1. The summed E-state index contributed by atoms with van der Waals surface area (Å²) in [4.78, 5) is 8.30. The number of rotatable bonds is 4. The molecule has 5 heteroatoms. The zero-order valence-corrected chi connectivity index (χ0v) is 11.7. The van der Waals surface area contributed by atoms with E-state index in [0.717, 1.165) is 11.1 Å². The lowest BCUT2D eigenvalue weighted by Gasteiger charge is -2.11. The highest BCUT2D eigenvalue weighted by molar-refractivity contribution is 5.67. The third-order valence-electron chi connectivity index (χ3n) is 3.11. The number of hydrogen-bond acceptors (Lipinski definition) is 4. The van der Waals surface area contributed by atoms with Crippen LogP contribution >= 0.6 is 0 Å². The topological polar surface area (TPSA) is 61.0 Å². The molecule has 1 aromatic carbocycles. The molecule has 0 radical (unpaired) electrons. The minimum Gasteiger partial charge on any atom is -0.487 e. The van der Waals surface area contributed by atoms with E-state index in [-0.39, 0.29) is 12.4 Å². The smallest absolute Gasteiger partial charge is 0.146 e. The highest BCUT2D eigenvalue weighted by atomic mass is 19.1. The van der Waals surface area contributed by atoms with Crippen LogP contribution in [-0.2, 0) is 6.61 Å². The van der Waals surface area contributed by atoms with Gasteiger partial charge in [-0.1, -0.05) is 12.1 Å². The SMILES string of the molecule is Nc1cc(-c2ncccc2OCc2cccc(F)c2)ccn1. The number of hydrogen-bond donors (Lipinski definition) is 1. The minimum atomic E-state index is -0.283. The number of nitrogens with two attached hydrogens (primary N) is 1. The molecule has 0 saturated carbocycles. The Kier molecular flexibility index (Phi) is 3.96. The Morgan fingerprint density at radius 1 is 1.00 bits per heavy atom. The largest absolute Gasteiger partial charge is 0.487 e. The summed E-state index contributed by atoms with van der Waals surface area (Å²) in [5.74, 6) is 0.742. The van der Waals surface area contributed by atoms with Gasteiger partial charge in [-0.05, 0) is 42.0 Å². The zero-order chi connectivity index (χ0) is 15.4. The summed E-state index contributed by atoms with van der Waals surface area (Å²) in [6.07, 6.45) is 3.30. The van der Waals surface area contributed by atoms with Crippen LogP contribution in [0.3, 0.4) is 0 Å². The molecule has 3 aromatic rings. The summed E-state index contributed by atoms with van der Waals surface area (Å²) in [7, 11) is 0. The van der Waals surface area contributed by atoms with Gasteiger partial charge in [0.15, 0.2) is 0 Å². The van der Waals surface area contributed by atoms with Crippen molar-refractivity contribution in [2.45, 2.75) is 6.61 Å². The van der Waals surface area contributed by atoms with E-state index < -0.39 is 0 Å². The first-order valence-corrected chi connectivity index (χ1v) is 6.76. The van der Waals surface area contributed by atoms with Gasteiger partial charge in [0, 0.05) is 18.0 Å². The molecular weight excluding hydrogens is 281 g/mol. The molecule has 0 saturated heterocycles. The van der Waals surface area contributed by atoms with Crippen molar-refractivity contribution in [3.05, 3.63) is 72.3 Å². The molecule has 2 N–H and O–H groups in total. The highest BCUT2D eigenvalue weighted by Crippen LogP contribution is 2.28. The average Bonchev–Trinajstić information content (AvgIpc) is 2.53. The molecule has 0 amide bonds. The summed E-state index contributed by atoms with van der Waals surface area (Å²) >= 11 is 0. The third kappa shape index (κ3) is 3.20. The highest BCUT2D eigenvalue weighted by Gasteiger charge is 2.08. The van der Waals surface area contributed by atoms with E-state index >= 15 is 0 Å². The lowest BCUT2D eigenvalue weighted by atomic mass is 10.1. The van der Waals surface area contributed by atoms with Crippen molar-refractivity contribution < 1.29 is 9.13 Å². The summed E-state index contributed by atoms with van der Waals surface area (Å²) < 4.78 is 19.0. The second kappa shape index (κ2) is 6.22. The predicted octanol–water partition coefficient (Wildman–Crippen LogP) is 3.44. The molecule has 22 heavy (non-hydrogen) atoms. The van der Waals surface area contributed by atoms with Gasteiger partial charge < -0.3 is 10.5 Å². The number of ether oxygens (including phenoxy) is 1. The van der Waals surface area contributed by atoms with Crippen molar-refractivity contribution in [1.82, 2.24) is 9.97 Å². The Balaban J connectivity index is 1.85. The Hall–Kier alpha value is -2.95. The van der Waals surface area contributed by atoms with E-state index in [0.29, 0.717) is 17.3 Å². The predicted molar refractivity (Wildman–Crippen MR) is 82.6 cm³/mol. The minimum absolute atomic E-state index is 0.261. The van der Waals surface area contributed by atoms with Crippen LogP contribution in [0.25, 0.3) is 11.3 Å². The lowest BCUT2D eigenvalue weighted by molar-refractivity contribution is 0.306. The number of aromatic nitrogens is 2. The summed E-state index contributed by atoms with van der Waals surface area (Å²) in [6, 6.07) is 13.5. The number of nitrogen functional groups attached to an aromatic ring is 1. The van der Waals surface area contributed by atoms with Gasteiger partial charge in [-0.3, -0.25) is 4.98 Å². The van der Waals surface area contributed by atoms with Gasteiger partial charge in [-0.2, -0.15) is 0 Å². The zero-order valence-electron chi connectivity index (χ0n) is 11.7. The van der Waals surface area contributed by atoms with E-state index in [1.54, 1.807) is 30.6 Å². The quantitative estimate of drug-likeness (QED) is 0.801. The van der Waals surface area contributed by atoms with Gasteiger partial charge in [0.1, 0.15) is 29.7 Å². The molecule has 0 spiro atoms. The van der Waals surface area contributed by atoms with Gasteiger partial charge >= 0.3 is 0 Å². The molecule has 0 bridgehead atoms. The van der Waals surface area contributed by atoms with Crippen LogP contribution in [0.15, 0.2) is 60.9 Å². The standard InChI is InChI=1S/C17H14FN3O/c18-14-4-1-3-12(9-14)11-22-15-5-2-7-21-17(15)13-6-8-20-16(19)10-13/h1-10H,11H2,(H2,19,20). The van der Waals surface area contributed by atoms with Crippen LogP contribution in [0.4, 0.5) is 10.2 Å². The third-order valence-corrected chi connectivity index (χ3v) is 3.11. The van der Waals surface area contributed by atoms with Gasteiger partial charge in [-0.25, -0.2) is 9.37 Å². The first kappa shape index (κ1) is 14.0. The number of anilines is 1. The Morgan fingerprint density at radius 3 is 2.73 bits per heavy atom. The first-order valence-electron chi connectivity index (χ1n) is 6.76. The first-order chi connectivity index (χ1) is 10.7. The summed E-state index contributed by atoms with van der Waals surface area (Å²) in [6.45, 7) is 0.261. The van der Waals surface area contributed by atoms with Crippen molar-refractivity contribution in [2.24, 2.45) is 0 Å². The molecule has 4 nitrogen and oxygen atoms in total. The number of benzene rings is 1. The van der Waals surface area contributed by atoms with E-state index in [1.807, 2.05) is 18.2 Å². The summed E-state index contributed by atoms with van der Waals surface area (Å²) in [5, 5.41) is 0. The van der Waals surface area contributed by atoms with Crippen LogP contribution in [0.5, 0.6) is 5.75 Å². The molecule has 0 fully saturated rings. The Bertz CT molecular complexity index is 792. The van der Waals surface area contributed by atoms with Gasteiger partial charge in [-0.15, -0.1) is 0 Å². The number of nitrogens with zero attached hydrogens (tertiary/aromatic N) is 2. The van der Waals surface area contributed by atoms with Gasteiger partial charge in [0.05, 0.1) is 0 Å². The van der Waals surface area contributed by atoms with E-state index in [2.05, 4.69) is 9.97 Å². The van der Waals surface area contributed by atoms with Gasteiger partial charge in [0.2, 0.25) is 0 Å². The van der Waals surface area contributed by atoms with Crippen LogP contribution in [-0.4, -0.2) is 9.97 Å². The Labute approximate surface area is 127 Å². The fraction of sp³-hybridized carbons (Fsp3) is 0.0588. The van der Waals surface area contributed by atoms with Crippen molar-refractivity contribution in [1.29, 1.82) is 0 Å². The van der Waals surface area contributed by atoms with Crippen molar-refractivity contribution >= 4 is 5.82 Å². The average molecular weight is 295 g/mol. The van der Waals surface area contributed by atoms with Gasteiger partial charge in [0.25, 0.3) is 0 Å². The molecule has 0 atom stereocenters. The molecule has 0 unspecified atom stereocenters. The lowest BCUT2D eigenvalue weighted by Crippen LogP contribution is -1.99. The monoisotopic (exact) mass is 295 g/mol. The van der Waals surface area contributed by atoms with Crippen LogP contribution < -0.4 is 10.5 Å². The normalized spacial score (nSPS) is 10.4.